The van der Waals surface area contributed by atoms with Gasteiger partial charge in [-0.05, 0) is 32.9 Å². The molecule has 0 atom stereocenters. The third kappa shape index (κ3) is 4.36. The Morgan fingerprint density at radius 2 is 2.18 bits per heavy atom. The van der Waals surface area contributed by atoms with Gasteiger partial charge in [-0.1, -0.05) is 11.6 Å². The molecule has 0 fully saturated rings. The Labute approximate surface area is 109 Å². The van der Waals surface area contributed by atoms with Gasteiger partial charge >= 0.3 is 6.09 Å². The Hall–Kier alpha value is -1.07. The maximum Gasteiger partial charge on any atom is 0.415 e. The van der Waals surface area contributed by atoms with Crippen molar-refractivity contribution in [3.05, 3.63) is 16.5 Å². The second-order valence-corrected chi connectivity index (χ2v) is 6.03. The smallest absolute Gasteiger partial charge is 0.415 e. The SMILES string of the molecule is CC(C)(C)OC(=O)N(CC=O)c1ccc(Cl)s1. The van der Waals surface area contributed by atoms with Crippen LogP contribution in [0.15, 0.2) is 12.1 Å². The predicted octanol–water partition coefficient (Wildman–Crippen LogP) is 3.34. The molecule has 0 bridgehead atoms. The molecule has 0 saturated heterocycles. The molecule has 6 heteroatoms. The molecule has 94 valence electrons. The van der Waals surface area contributed by atoms with Crippen molar-refractivity contribution in [2.75, 3.05) is 11.4 Å². The van der Waals surface area contributed by atoms with E-state index in [-0.39, 0.29) is 6.54 Å². The number of carbonyl (C=O) groups excluding carboxylic acids is 2. The van der Waals surface area contributed by atoms with Crippen molar-refractivity contribution in [1.29, 1.82) is 0 Å². The third-order valence-electron chi connectivity index (χ3n) is 1.70. The molecule has 1 aromatic rings. The molecule has 0 aliphatic carbocycles. The van der Waals surface area contributed by atoms with Gasteiger partial charge in [0.05, 0.1) is 10.9 Å². The number of aldehydes is 1. The monoisotopic (exact) mass is 275 g/mol. The summed E-state index contributed by atoms with van der Waals surface area (Å²) in [4.78, 5) is 23.7. The molecule has 0 radical (unpaired) electrons. The maximum atomic E-state index is 11.9. The molecule has 1 aromatic heterocycles. The van der Waals surface area contributed by atoms with E-state index in [1.54, 1.807) is 32.9 Å². The van der Waals surface area contributed by atoms with Crippen LogP contribution in [-0.4, -0.2) is 24.5 Å². The fourth-order valence-corrected chi connectivity index (χ4v) is 2.13. The first-order chi connectivity index (χ1) is 7.83. The van der Waals surface area contributed by atoms with Crippen LogP contribution in [0.25, 0.3) is 0 Å². The summed E-state index contributed by atoms with van der Waals surface area (Å²) in [5.74, 6) is 0. The van der Waals surface area contributed by atoms with Crippen molar-refractivity contribution in [2.24, 2.45) is 0 Å². The Bertz CT molecular complexity index is 411. The molecule has 0 aliphatic heterocycles. The molecule has 0 spiro atoms. The van der Waals surface area contributed by atoms with Crippen LogP contribution in [-0.2, 0) is 9.53 Å². The van der Waals surface area contributed by atoms with Crippen molar-refractivity contribution < 1.29 is 14.3 Å². The van der Waals surface area contributed by atoms with Gasteiger partial charge in [-0.15, -0.1) is 11.3 Å². The van der Waals surface area contributed by atoms with Crippen LogP contribution in [0.1, 0.15) is 20.8 Å². The maximum absolute atomic E-state index is 11.9. The van der Waals surface area contributed by atoms with Gasteiger partial charge in [-0.25, -0.2) is 4.79 Å². The van der Waals surface area contributed by atoms with Gasteiger partial charge in [0, 0.05) is 0 Å². The van der Waals surface area contributed by atoms with Crippen LogP contribution < -0.4 is 4.90 Å². The minimum absolute atomic E-state index is 0.0498. The number of amides is 1. The zero-order valence-electron chi connectivity index (χ0n) is 9.90. The number of hydrogen-bond acceptors (Lipinski definition) is 4. The fraction of sp³-hybridized carbons (Fsp3) is 0.455. The minimum atomic E-state index is -0.598. The van der Waals surface area contributed by atoms with Gasteiger partial charge < -0.3 is 9.53 Å². The number of rotatable bonds is 3. The van der Waals surface area contributed by atoms with E-state index in [9.17, 15) is 9.59 Å². The van der Waals surface area contributed by atoms with Gasteiger partial charge in [-0.2, -0.15) is 0 Å². The van der Waals surface area contributed by atoms with Crippen LogP contribution in [0.5, 0.6) is 0 Å². The van der Waals surface area contributed by atoms with E-state index in [1.165, 1.54) is 16.2 Å². The molecule has 4 nitrogen and oxygen atoms in total. The summed E-state index contributed by atoms with van der Waals surface area (Å²) in [6.07, 6.45) is 0.0977. The molecule has 1 heterocycles. The highest BCUT2D eigenvalue weighted by atomic mass is 35.5. The summed E-state index contributed by atoms with van der Waals surface area (Å²) in [5, 5.41) is 0.594. The number of anilines is 1. The third-order valence-corrected chi connectivity index (χ3v) is 2.95. The van der Waals surface area contributed by atoms with Crippen molar-refractivity contribution in [3.63, 3.8) is 0 Å². The number of carbonyl (C=O) groups is 2. The molecule has 0 aromatic carbocycles. The van der Waals surface area contributed by atoms with Gasteiger partial charge in [0.15, 0.2) is 0 Å². The summed E-state index contributed by atoms with van der Waals surface area (Å²) in [5.41, 5.74) is -0.598. The lowest BCUT2D eigenvalue weighted by Gasteiger charge is -2.25. The van der Waals surface area contributed by atoms with Crippen LogP contribution in [0, 0.1) is 0 Å². The van der Waals surface area contributed by atoms with Gasteiger partial charge in [0.25, 0.3) is 0 Å². The first kappa shape index (κ1) is 14.0. The lowest BCUT2D eigenvalue weighted by molar-refractivity contribution is -0.106. The minimum Gasteiger partial charge on any atom is -0.443 e. The molecular formula is C11H14ClNO3S. The number of ether oxygens (including phenoxy) is 1. The molecule has 17 heavy (non-hydrogen) atoms. The highest BCUT2D eigenvalue weighted by Crippen LogP contribution is 2.30. The van der Waals surface area contributed by atoms with Crippen LogP contribution in [0.4, 0.5) is 9.80 Å². The highest BCUT2D eigenvalue weighted by molar-refractivity contribution is 7.20. The summed E-state index contributed by atoms with van der Waals surface area (Å²) >= 11 is 7.02. The zero-order valence-corrected chi connectivity index (χ0v) is 11.5. The Kier molecular flexibility index (Phi) is 4.54. The summed E-state index contributed by atoms with van der Waals surface area (Å²) in [6, 6.07) is 3.35. The van der Waals surface area contributed by atoms with E-state index in [0.29, 0.717) is 15.6 Å². The van der Waals surface area contributed by atoms with Gasteiger partial charge in [-0.3, -0.25) is 4.90 Å². The van der Waals surface area contributed by atoms with Crippen LogP contribution in [0.2, 0.25) is 4.34 Å². The lowest BCUT2D eigenvalue weighted by Crippen LogP contribution is -2.37. The van der Waals surface area contributed by atoms with E-state index in [4.69, 9.17) is 16.3 Å². The number of thiophene rings is 1. The van der Waals surface area contributed by atoms with Gasteiger partial charge in [0.2, 0.25) is 0 Å². The van der Waals surface area contributed by atoms with Crippen molar-refractivity contribution in [1.82, 2.24) is 0 Å². The molecule has 0 unspecified atom stereocenters. The molecule has 0 aliphatic rings. The van der Waals surface area contributed by atoms with Crippen molar-refractivity contribution in [2.45, 2.75) is 26.4 Å². The van der Waals surface area contributed by atoms with E-state index < -0.39 is 11.7 Å². The second kappa shape index (κ2) is 5.51. The second-order valence-electron chi connectivity index (χ2n) is 4.34. The van der Waals surface area contributed by atoms with Crippen molar-refractivity contribution in [3.8, 4) is 0 Å². The van der Waals surface area contributed by atoms with E-state index in [2.05, 4.69) is 0 Å². The average molecular weight is 276 g/mol. The van der Waals surface area contributed by atoms with Crippen LogP contribution >= 0.6 is 22.9 Å². The highest BCUT2D eigenvalue weighted by Gasteiger charge is 2.24. The van der Waals surface area contributed by atoms with E-state index in [1.807, 2.05) is 0 Å². The number of halogens is 1. The van der Waals surface area contributed by atoms with E-state index in [0.717, 1.165) is 0 Å². The molecule has 0 N–H and O–H groups in total. The Morgan fingerprint density at radius 1 is 1.53 bits per heavy atom. The fourth-order valence-electron chi connectivity index (χ4n) is 1.10. The first-order valence-electron chi connectivity index (χ1n) is 5.03. The first-order valence-corrected chi connectivity index (χ1v) is 6.22. The summed E-state index contributed by atoms with van der Waals surface area (Å²) in [6.45, 7) is 5.26. The number of nitrogens with zero attached hydrogens (tertiary/aromatic N) is 1. The van der Waals surface area contributed by atoms with Gasteiger partial charge in [0.1, 0.15) is 16.9 Å². The summed E-state index contributed by atoms with van der Waals surface area (Å²) < 4.78 is 5.76. The molecular weight excluding hydrogens is 262 g/mol. The quantitative estimate of drug-likeness (QED) is 0.795. The molecule has 1 amide bonds. The van der Waals surface area contributed by atoms with Crippen molar-refractivity contribution >= 4 is 40.3 Å². The zero-order chi connectivity index (χ0) is 13.1. The normalized spacial score (nSPS) is 11.1. The largest absolute Gasteiger partial charge is 0.443 e. The van der Waals surface area contributed by atoms with Crippen LogP contribution in [0.3, 0.4) is 0 Å². The predicted molar refractivity (Wildman–Crippen MR) is 69.0 cm³/mol. The lowest BCUT2D eigenvalue weighted by atomic mass is 10.2. The Balaban J connectivity index is 2.86. The number of hydrogen-bond donors (Lipinski definition) is 0. The summed E-state index contributed by atoms with van der Waals surface area (Å²) in [7, 11) is 0. The molecule has 1 rings (SSSR count). The molecule has 0 saturated carbocycles. The topological polar surface area (TPSA) is 46.6 Å². The van der Waals surface area contributed by atoms with E-state index >= 15 is 0 Å². The standard InChI is InChI=1S/C11H14ClNO3S/c1-11(2,3)16-10(15)13(6-7-14)9-5-4-8(12)17-9/h4-5,7H,6H2,1-3H3. The Morgan fingerprint density at radius 3 is 2.59 bits per heavy atom. The average Bonchev–Trinajstić information content (AvgIpc) is 2.58.